The zero-order valence-corrected chi connectivity index (χ0v) is 15.3. The predicted octanol–water partition coefficient (Wildman–Crippen LogP) is 4.03. The van der Waals surface area contributed by atoms with E-state index in [-0.39, 0.29) is 5.91 Å². The molecule has 1 aliphatic rings. The largest absolute Gasteiger partial charge is 0.481 e. The number of para-hydroxylation sites is 1. The van der Waals surface area contributed by atoms with Gasteiger partial charge in [0.05, 0.1) is 11.8 Å². The van der Waals surface area contributed by atoms with Crippen LogP contribution in [0.5, 0.6) is 11.5 Å². The van der Waals surface area contributed by atoms with Gasteiger partial charge in [-0.15, -0.1) is 0 Å². The van der Waals surface area contributed by atoms with Crippen molar-refractivity contribution in [3.63, 3.8) is 0 Å². The Balaban J connectivity index is 1.47. The van der Waals surface area contributed by atoms with Gasteiger partial charge in [-0.1, -0.05) is 43.2 Å². The summed E-state index contributed by atoms with van der Waals surface area (Å²) >= 11 is 0. The number of hydrogen-bond donors (Lipinski definition) is 2. The van der Waals surface area contributed by atoms with Crippen LogP contribution in [0.2, 0.25) is 0 Å². The highest BCUT2D eigenvalue weighted by Crippen LogP contribution is 2.30. The number of carboxylic acid groups (broad SMARTS) is 1. The molecular weight excluding hydrogens is 342 g/mol. The molecule has 0 saturated heterocycles. The molecule has 2 aromatic rings. The van der Waals surface area contributed by atoms with Gasteiger partial charge < -0.3 is 15.2 Å². The standard InChI is InChI=1S/C22H25NO4/c24-21(19-8-4-5-9-20(19)22(25)26)23-15-14-16-10-12-18(13-11-16)27-17-6-2-1-3-7-17/h1-3,6-7,10-13,19-20H,4-5,8-9,14-15H2,(H,23,24)(H,25,26). The van der Waals surface area contributed by atoms with E-state index in [1.165, 1.54) is 0 Å². The van der Waals surface area contributed by atoms with Crippen molar-refractivity contribution in [3.8, 4) is 11.5 Å². The van der Waals surface area contributed by atoms with Crippen LogP contribution < -0.4 is 10.1 Å². The Morgan fingerprint density at radius 3 is 2.22 bits per heavy atom. The van der Waals surface area contributed by atoms with E-state index in [2.05, 4.69) is 5.32 Å². The van der Waals surface area contributed by atoms with Crippen molar-refractivity contribution in [1.82, 2.24) is 5.32 Å². The second-order valence-corrected chi connectivity index (χ2v) is 6.94. The normalized spacial score (nSPS) is 19.3. The van der Waals surface area contributed by atoms with Gasteiger partial charge >= 0.3 is 5.97 Å². The molecule has 3 rings (SSSR count). The Morgan fingerprint density at radius 2 is 1.56 bits per heavy atom. The fourth-order valence-corrected chi connectivity index (χ4v) is 3.55. The van der Waals surface area contributed by atoms with Gasteiger partial charge in [-0.2, -0.15) is 0 Å². The Labute approximate surface area is 159 Å². The van der Waals surface area contributed by atoms with Gasteiger partial charge in [0, 0.05) is 6.54 Å². The fourth-order valence-electron chi connectivity index (χ4n) is 3.55. The molecular formula is C22H25NO4. The third kappa shape index (κ3) is 5.33. The molecule has 27 heavy (non-hydrogen) atoms. The maximum Gasteiger partial charge on any atom is 0.307 e. The molecule has 1 amide bonds. The molecule has 2 aromatic carbocycles. The molecule has 0 spiro atoms. The number of ether oxygens (including phenoxy) is 1. The van der Waals surface area contributed by atoms with Gasteiger partial charge in [0.1, 0.15) is 11.5 Å². The van der Waals surface area contributed by atoms with Crippen LogP contribution in [0.3, 0.4) is 0 Å². The lowest BCUT2D eigenvalue weighted by Gasteiger charge is -2.27. The minimum atomic E-state index is -0.858. The summed E-state index contributed by atoms with van der Waals surface area (Å²) in [5.41, 5.74) is 1.09. The van der Waals surface area contributed by atoms with Crippen LogP contribution in [0.15, 0.2) is 54.6 Å². The van der Waals surface area contributed by atoms with Crippen molar-refractivity contribution in [2.24, 2.45) is 11.8 Å². The number of aliphatic carboxylic acids is 1. The van der Waals surface area contributed by atoms with Crippen molar-refractivity contribution >= 4 is 11.9 Å². The van der Waals surface area contributed by atoms with E-state index in [4.69, 9.17) is 4.74 Å². The average molecular weight is 367 g/mol. The fraction of sp³-hybridized carbons (Fsp3) is 0.364. The molecule has 0 bridgehead atoms. The number of nitrogens with one attached hydrogen (secondary N) is 1. The molecule has 2 atom stereocenters. The molecule has 2 N–H and O–H groups in total. The molecule has 1 aliphatic carbocycles. The first kappa shape index (κ1) is 19.0. The lowest BCUT2D eigenvalue weighted by Crippen LogP contribution is -2.40. The second kappa shape index (κ2) is 9.21. The third-order valence-corrected chi connectivity index (χ3v) is 5.04. The Hall–Kier alpha value is -2.82. The lowest BCUT2D eigenvalue weighted by molar-refractivity contribution is -0.148. The van der Waals surface area contributed by atoms with Gasteiger partial charge in [0.25, 0.3) is 0 Å². The molecule has 5 nitrogen and oxygen atoms in total. The van der Waals surface area contributed by atoms with Gasteiger partial charge in [-0.25, -0.2) is 0 Å². The Morgan fingerprint density at radius 1 is 0.926 bits per heavy atom. The average Bonchev–Trinajstić information content (AvgIpc) is 2.70. The zero-order chi connectivity index (χ0) is 19.1. The summed E-state index contributed by atoms with van der Waals surface area (Å²) in [6, 6.07) is 17.4. The zero-order valence-electron chi connectivity index (χ0n) is 15.3. The highest BCUT2D eigenvalue weighted by atomic mass is 16.5. The summed E-state index contributed by atoms with van der Waals surface area (Å²) in [7, 11) is 0. The van der Waals surface area contributed by atoms with E-state index in [1.54, 1.807) is 0 Å². The van der Waals surface area contributed by atoms with Crippen molar-refractivity contribution in [2.45, 2.75) is 32.1 Å². The van der Waals surface area contributed by atoms with Crippen LogP contribution in [0, 0.1) is 11.8 Å². The lowest BCUT2D eigenvalue weighted by atomic mass is 9.78. The van der Waals surface area contributed by atoms with Crippen molar-refractivity contribution < 1.29 is 19.4 Å². The number of carbonyl (C=O) groups is 2. The number of rotatable bonds is 7. The van der Waals surface area contributed by atoms with Gasteiger partial charge in [0.2, 0.25) is 5.91 Å². The molecule has 142 valence electrons. The van der Waals surface area contributed by atoms with E-state index in [0.717, 1.165) is 29.9 Å². The number of carbonyl (C=O) groups excluding carboxylic acids is 1. The Kier molecular flexibility index (Phi) is 6.47. The second-order valence-electron chi connectivity index (χ2n) is 6.94. The van der Waals surface area contributed by atoms with Gasteiger partial charge in [-0.3, -0.25) is 9.59 Å². The van der Waals surface area contributed by atoms with E-state index in [0.29, 0.717) is 25.8 Å². The predicted molar refractivity (Wildman–Crippen MR) is 103 cm³/mol. The number of hydrogen-bond acceptors (Lipinski definition) is 3. The molecule has 1 fully saturated rings. The molecule has 0 heterocycles. The summed E-state index contributed by atoms with van der Waals surface area (Å²) < 4.78 is 5.76. The molecule has 0 radical (unpaired) electrons. The van der Waals surface area contributed by atoms with Crippen LogP contribution in [0.25, 0.3) is 0 Å². The van der Waals surface area contributed by atoms with Crippen molar-refractivity contribution in [1.29, 1.82) is 0 Å². The van der Waals surface area contributed by atoms with Gasteiger partial charge in [-0.05, 0) is 49.1 Å². The monoisotopic (exact) mass is 367 g/mol. The first-order chi connectivity index (χ1) is 13.1. The van der Waals surface area contributed by atoms with Crippen LogP contribution in [-0.4, -0.2) is 23.5 Å². The quantitative estimate of drug-likeness (QED) is 0.775. The molecule has 2 unspecified atom stereocenters. The molecule has 0 aliphatic heterocycles. The van der Waals surface area contributed by atoms with E-state index >= 15 is 0 Å². The van der Waals surface area contributed by atoms with Crippen LogP contribution in [0.1, 0.15) is 31.2 Å². The van der Waals surface area contributed by atoms with Crippen LogP contribution in [0.4, 0.5) is 0 Å². The SMILES string of the molecule is O=C(O)C1CCCCC1C(=O)NCCc1ccc(Oc2ccccc2)cc1. The van der Waals surface area contributed by atoms with E-state index < -0.39 is 17.8 Å². The molecule has 5 heteroatoms. The number of carboxylic acids is 1. The minimum absolute atomic E-state index is 0.133. The highest BCUT2D eigenvalue weighted by molar-refractivity contribution is 5.84. The first-order valence-corrected chi connectivity index (χ1v) is 9.46. The van der Waals surface area contributed by atoms with E-state index in [9.17, 15) is 14.7 Å². The maximum atomic E-state index is 12.4. The number of amides is 1. The smallest absolute Gasteiger partial charge is 0.307 e. The van der Waals surface area contributed by atoms with Crippen LogP contribution >= 0.6 is 0 Å². The first-order valence-electron chi connectivity index (χ1n) is 9.46. The summed E-state index contributed by atoms with van der Waals surface area (Å²) in [5, 5.41) is 12.2. The Bertz CT molecular complexity index is 758. The molecule has 1 saturated carbocycles. The molecule has 0 aromatic heterocycles. The summed E-state index contributed by atoms with van der Waals surface area (Å²) in [4.78, 5) is 23.7. The van der Waals surface area contributed by atoms with Gasteiger partial charge in [0.15, 0.2) is 0 Å². The minimum Gasteiger partial charge on any atom is -0.481 e. The van der Waals surface area contributed by atoms with E-state index in [1.807, 2.05) is 54.6 Å². The number of benzene rings is 2. The highest BCUT2D eigenvalue weighted by Gasteiger charge is 2.35. The maximum absolute atomic E-state index is 12.4. The van der Waals surface area contributed by atoms with Crippen molar-refractivity contribution in [3.05, 3.63) is 60.2 Å². The van der Waals surface area contributed by atoms with Crippen molar-refractivity contribution in [2.75, 3.05) is 6.54 Å². The summed E-state index contributed by atoms with van der Waals surface area (Å²) in [6.07, 6.45) is 3.76. The summed E-state index contributed by atoms with van der Waals surface area (Å²) in [6.45, 7) is 0.501. The third-order valence-electron chi connectivity index (χ3n) is 5.04. The van der Waals surface area contributed by atoms with Crippen LogP contribution in [-0.2, 0) is 16.0 Å². The topological polar surface area (TPSA) is 75.6 Å². The summed E-state index contributed by atoms with van der Waals surface area (Å²) in [5.74, 6) is -0.389.